The Morgan fingerprint density at radius 3 is 2.79 bits per heavy atom. The normalized spacial score (nSPS) is 41.6. The summed E-state index contributed by atoms with van der Waals surface area (Å²) in [4.78, 5) is 14.7. The summed E-state index contributed by atoms with van der Waals surface area (Å²) in [6, 6.07) is 0.161. The Morgan fingerprint density at radius 2 is 1.89 bits per heavy atom. The fourth-order valence-electron chi connectivity index (χ4n) is 4.41. The first-order valence-electron chi connectivity index (χ1n) is 8.18. The second-order valence-electron chi connectivity index (χ2n) is 6.87. The maximum atomic E-state index is 12.2. The molecule has 1 heterocycles. The molecule has 3 nitrogen and oxygen atoms in total. The smallest absolute Gasteiger partial charge is 0.149 e. The molecule has 108 valence electrons. The predicted molar refractivity (Wildman–Crippen MR) is 75.0 cm³/mol. The quantitative estimate of drug-likeness (QED) is 0.741. The molecule has 3 aliphatic rings. The Kier molecular flexibility index (Phi) is 3.95. The van der Waals surface area contributed by atoms with E-state index in [1.807, 2.05) is 0 Å². The molecule has 0 bridgehead atoms. The number of piperidine rings is 1. The van der Waals surface area contributed by atoms with Gasteiger partial charge in [0.05, 0.1) is 11.6 Å². The van der Waals surface area contributed by atoms with Gasteiger partial charge in [0.1, 0.15) is 5.78 Å². The second-order valence-corrected chi connectivity index (χ2v) is 6.87. The van der Waals surface area contributed by atoms with E-state index in [-0.39, 0.29) is 6.04 Å². The van der Waals surface area contributed by atoms with Crippen LogP contribution in [0.4, 0.5) is 0 Å². The van der Waals surface area contributed by atoms with Crippen LogP contribution in [0.2, 0.25) is 0 Å². The number of nitrogens with zero attached hydrogens (tertiary/aromatic N) is 1. The summed E-state index contributed by atoms with van der Waals surface area (Å²) < 4.78 is 0. The molecule has 1 aliphatic heterocycles. The molecule has 3 rings (SSSR count). The first-order chi connectivity index (χ1) is 9.19. The van der Waals surface area contributed by atoms with E-state index >= 15 is 0 Å². The molecule has 0 aromatic carbocycles. The molecule has 2 aliphatic carbocycles. The molecule has 3 fully saturated rings. The molecule has 0 amide bonds. The number of Topliss-reactive ketones (excluding diaryl/α,β-unsaturated/α-hetero) is 1. The van der Waals surface area contributed by atoms with E-state index in [0.29, 0.717) is 11.7 Å². The van der Waals surface area contributed by atoms with Crippen molar-refractivity contribution in [3.8, 4) is 0 Å². The highest BCUT2D eigenvalue weighted by molar-refractivity contribution is 5.84. The minimum absolute atomic E-state index is 0.161. The van der Waals surface area contributed by atoms with Crippen LogP contribution in [0.25, 0.3) is 0 Å². The third-order valence-electron chi connectivity index (χ3n) is 5.67. The van der Waals surface area contributed by atoms with E-state index in [9.17, 15) is 9.90 Å². The first-order valence-corrected chi connectivity index (χ1v) is 8.18. The summed E-state index contributed by atoms with van der Waals surface area (Å²) in [5.74, 6) is 0.866. The van der Waals surface area contributed by atoms with Crippen molar-refractivity contribution in [1.29, 1.82) is 0 Å². The van der Waals surface area contributed by atoms with E-state index in [1.54, 1.807) is 0 Å². The van der Waals surface area contributed by atoms with Gasteiger partial charge in [-0.25, -0.2) is 0 Å². The standard InChI is InChI=1S/C16H27NO2/c18-15-8-3-1-2-7-14(15)17-11-10-16(19)9-5-4-6-13(16)12-17/h13-14,19H,1-12H2. The van der Waals surface area contributed by atoms with Crippen LogP contribution in [0, 0.1) is 5.92 Å². The van der Waals surface area contributed by atoms with Crippen LogP contribution in [-0.4, -0.2) is 40.5 Å². The zero-order valence-corrected chi connectivity index (χ0v) is 11.9. The third-order valence-corrected chi connectivity index (χ3v) is 5.67. The molecular weight excluding hydrogens is 238 g/mol. The lowest BCUT2D eigenvalue weighted by molar-refractivity contribution is -0.132. The fourth-order valence-corrected chi connectivity index (χ4v) is 4.41. The molecule has 3 heteroatoms. The van der Waals surface area contributed by atoms with Crippen molar-refractivity contribution in [3.63, 3.8) is 0 Å². The maximum absolute atomic E-state index is 12.2. The topological polar surface area (TPSA) is 40.5 Å². The van der Waals surface area contributed by atoms with Gasteiger partial charge in [0.15, 0.2) is 0 Å². The van der Waals surface area contributed by atoms with Crippen LogP contribution in [0.15, 0.2) is 0 Å². The number of carbonyl (C=O) groups is 1. The summed E-state index contributed by atoms with van der Waals surface area (Å²) in [6.45, 7) is 1.87. The number of hydrogen-bond acceptors (Lipinski definition) is 3. The summed E-state index contributed by atoms with van der Waals surface area (Å²) in [5.41, 5.74) is -0.414. The fraction of sp³-hybridized carbons (Fsp3) is 0.938. The molecule has 0 radical (unpaired) electrons. The number of hydrogen-bond donors (Lipinski definition) is 1. The minimum atomic E-state index is -0.414. The van der Waals surface area contributed by atoms with Gasteiger partial charge >= 0.3 is 0 Å². The maximum Gasteiger partial charge on any atom is 0.149 e. The van der Waals surface area contributed by atoms with Gasteiger partial charge in [0.2, 0.25) is 0 Å². The Morgan fingerprint density at radius 1 is 1.05 bits per heavy atom. The molecule has 3 atom stereocenters. The lowest BCUT2D eigenvalue weighted by Gasteiger charge is -2.49. The zero-order valence-electron chi connectivity index (χ0n) is 11.9. The molecule has 0 aromatic heterocycles. The SMILES string of the molecule is O=C1CCCCCC1N1CCC2(O)CCCCC2C1. The van der Waals surface area contributed by atoms with Crippen LogP contribution in [0.3, 0.4) is 0 Å². The van der Waals surface area contributed by atoms with E-state index < -0.39 is 5.60 Å². The summed E-state index contributed by atoms with van der Waals surface area (Å²) in [6.07, 6.45) is 10.7. The van der Waals surface area contributed by atoms with Crippen molar-refractivity contribution in [2.45, 2.75) is 75.9 Å². The van der Waals surface area contributed by atoms with Crippen LogP contribution < -0.4 is 0 Å². The highest BCUT2D eigenvalue weighted by Gasteiger charge is 2.44. The number of rotatable bonds is 1. The van der Waals surface area contributed by atoms with Gasteiger partial charge in [0, 0.05) is 25.4 Å². The Balaban J connectivity index is 1.68. The molecule has 0 aromatic rings. The monoisotopic (exact) mass is 265 g/mol. The highest BCUT2D eigenvalue weighted by atomic mass is 16.3. The summed E-state index contributed by atoms with van der Waals surface area (Å²) in [7, 11) is 0. The van der Waals surface area contributed by atoms with Crippen LogP contribution in [0.5, 0.6) is 0 Å². The van der Waals surface area contributed by atoms with Crippen LogP contribution in [0.1, 0.15) is 64.2 Å². The average Bonchev–Trinajstić information content (AvgIpc) is 2.62. The van der Waals surface area contributed by atoms with Crippen molar-refractivity contribution >= 4 is 5.78 Å². The summed E-state index contributed by atoms with van der Waals surface area (Å²) >= 11 is 0. The van der Waals surface area contributed by atoms with Crippen molar-refractivity contribution in [2.24, 2.45) is 5.92 Å². The molecule has 1 N–H and O–H groups in total. The van der Waals surface area contributed by atoms with Crippen molar-refractivity contribution in [1.82, 2.24) is 4.90 Å². The highest BCUT2D eigenvalue weighted by Crippen LogP contribution is 2.40. The van der Waals surface area contributed by atoms with E-state index in [4.69, 9.17) is 0 Å². The predicted octanol–water partition coefficient (Wildman–Crippen LogP) is 2.52. The van der Waals surface area contributed by atoms with Gasteiger partial charge in [0.25, 0.3) is 0 Å². The number of likely N-dealkylation sites (tertiary alicyclic amines) is 1. The second kappa shape index (κ2) is 5.53. The van der Waals surface area contributed by atoms with Crippen LogP contribution in [-0.2, 0) is 4.79 Å². The van der Waals surface area contributed by atoms with Gasteiger partial charge in [-0.05, 0) is 32.1 Å². The van der Waals surface area contributed by atoms with Crippen molar-refractivity contribution in [3.05, 3.63) is 0 Å². The van der Waals surface area contributed by atoms with Gasteiger partial charge in [-0.2, -0.15) is 0 Å². The average molecular weight is 265 g/mol. The first kappa shape index (κ1) is 13.6. The molecule has 19 heavy (non-hydrogen) atoms. The largest absolute Gasteiger partial charge is 0.390 e. The molecule has 1 saturated heterocycles. The van der Waals surface area contributed by atoms with E-state index in [1.165, 1.54) is 25.7 Å². The molecule has 2 saturated carbocycles. The number of aliphatic hydroxyl groups is 1. The molecular formula is C16H27NO2. The van der Waals surface area contributed by atoms with Gasteiger partial charge in [-0.15, -0.1) is 0 Å². The van der Waals surface area contributed by atoms with Gasteiger partial charge in [-0.1, -0.05) is 25.7 Å². The lowest BCUT2D eigenvalue weighted by atomic mass is 9.71. The number of carbonyl (C=O) groups excluding carboxylic acids is 1. The third kappa shape index (κ3) is 2.73. The van der Waals surface area contributed by atoms with Crippen LogP contribution >= 0.6 is 0 Å². The summed E-state index contributed by atoms with van der Waals surface area (Å²) in [5, 5.41) is 10.7. The number of fused-ring (bicyclic) bond motifs is 1. The number of ketones is 1. The Bertz CT molecular complexity index is 344. The van der Waals surface area contributed by atoms with Gasteiger partial charge < -0.3 is 5.11 Å². The van der Waals surface area contributed by atoms with E-state index in [2.05, 4.69) is 4.90 Å². The van der Waals surface area contributed by atoms with E-state index in [0.717, 1.165) is 51.6 Å². The van der Waals surface area contributed by atoms with Crippen molar-refractivity contribution < 1.29 is 9.90 Å². The van der Waals surface area contributed by atoms with Crippen molar-refractivity contribution in [2.75, 3.05) is 13.1 Å². The minimum Gasteiger partial charge on any atom is -0.390 e. The van der Waals surface area contributed by atoms with Gasteiger partial charge in [-0.3, -0.25) is 9.69 Å². The molecule has 3 unspecified atom stereocenters. The Hall–Kier alpha value is -0.410. The molecule has 0 spiro atoms. The lowest BCUT2D eigenvalue weighted by Crippen LogP contribution is -2.56. The zero-order chi connectivity index (χ0) is 13.3. The Labute approximate surface area is 116 Å².